The summed E-state index contributed by atoms with van der Waals surface area (Å²) >= 11 is 0. The highest BCUT2D eigenvalue weighted by Gasteiger charge is 2.53. The first kappa shape index (κ1) is 16.1. The zero-order chi connectivity index (χ0) is 12.3. The summed E-state index contributed by atoms with van der Waals surface area (Å²) < 4.78 is 0. The van der Waals surface area contributed by atoms with Crippen LogP contribution < -0.4 is 5.32 Å². The van der Waals surface area contributed by atoms with E-state index in [0.29, 0.717) is 5.41 Å². The number of nitrogens with one attached hydrogen (secondary N) is 1. The Morgan fingerprint density at radius 2 is 2.06 bits per heavy atom. The van der Waals surface area contributed by atoms with Crippen molar-refractivity contribution < 1.29 is 0 Å². The number of hydrogen-bond acceptors (Lipinski definition) is 1. The minimum atomic E-state index is 0. The Morgan fingerprint density at radius 3 is 2.50 bits per heavy atom. The second kappa shape index (κ2) is 6.96. The Balaban J connectivity index is 0.00000162. The van der Waals surface area contributed by atoms with Gasteiger partial charge in [-0.1, -0.05) is 13.3 Å². The molecule has 0 radical (unpaired) electrons. The molecule has 0 bridgehead atoms. The molecule has 2 fully saturated rings. The van der Waals surface area contributed by atoms with Crippen LogP contribution in [0, 0.1) is 11.3 Å². The lowest BCUT2D eigenvalue weighted by molar-refractivity contribution is 0.408. The predicted molar refractivity (Wildman–Crippen MR) is 88.7 cm³/mol. The third kappa shape index (κ3) is 4.00. The maximum absolute atomic E-state index is 4.38. The molecule has 106 valence electrons. The molecule has 2 aliphatic carbocycles. The van der Waals surface area contributed by atoms with Gasteiger partial charge in [-0.2, -0.15) is 0 Å². The van der Waals surface area contributed by atoms with Gasteiger partial charge in [-0.05, 0) is 43.4 Å². The van der Waals surface area contributed by atoms with Gasteiger partial charge in [0.15, 0.2) is 5.96 Å². The molecule has 0 aromatic heterocycles. The molecule has 0 spiro atoms. The molecule has 0 amide bonds. The minimum Gasteiger partial charge on any atom is -0.356 e. The summed E-state index contributed by atoms with van der Waals surface area (Å²) in [5.74, 6) is 2.10. The predicted octanol–water partition coefficient (Wildman–Crippen LogP) is 3.10. The number of guanidine groups is 1. The Bertz CT molecular complexity index is 283. The van der Waals surface area contributed by atoms with Gasteiger partial charge in [0.05, 0.1) is 0 Å². The van der Waals surface area contributed by atoms with Gasteiger partial charge in [-0.25, -0.2) is 0 Å². The Hall–Kier alpha value is 0. The number of nitrogens with zero attached hydrogens (tertiary/aromatic N) is 2. The van der Waals surface area contributed by atoms with Gasteiger partial charge in [0, 0.05) is 27.2 Å². The third-order valence-corrected chi connectivity index (χ3v) is 4.35. The van der Waals surface area contributed by atoms with E-state index < -0.39 is 0 Å². The molecule has 0 aromatic carbocycles. The van der Waals surface area contributed by atoms with Crippen LogP contribution in [0.4, 0.5) is 0 Å². The summed E-state index contributed by atoms with van der Waals surface area (Å²) in [4.78, 5) is 6.64. The molecule has 0 heterocycles. The lowest BCUT2D eigenvalue weighted by Gasteiger charge is -2.24. The monoisotopic (exact) mass is 365 g/mol. The maximum Gasteiger partial charge on any atom is 0.193 e. The van der Waals surface area contributed by atoms with Crippen LogP contribution in [0.3, 0.4) is 0 Å². The molecule has 3 nitrogen and oxygen atoms in total. The molecule has 0 saturated heterocycles. The molecule has 4 heteroatoms. The van der Waals surface area contributed by atoms with E-state index in [4.69, 9.17) is 0 Å². The van der Waals surface area contributed by atoms with E-state index in [0.717, 1.165) is 25.0 Å². The molecule has 0 atom stereocenters. The van der Waals surface area contributed by atoms with Crippen molar-refractivity contribution in [3.63, 3.8) is 0 Å². The quantitative estimate of drug-likeness (QED) is 0.445. The molecule has 0 aromatic rings. The number of aliphatic imine (C=N–C) groups is 1. The standard InChI is InChI=1S/C14H27N3.HI/c1-4-5-10-17(3)13(15-2)16-11-14(8-9-14)12-6-7-12;/h12H,4-11H2,1-3H3,(H,15,16);1H. The summed E-state index contributed by atoms with van der Waals surface area (Å²) in [6, 6.07) is 0. The van der Waals surface area contributed by atoms with Crippen LogP contribution in [0.25, 0.3) is 0 Å². The van der Waals surface area contributed by atoms with Gasteiger partial charge < -0.3 is 10.2 Å². The first-order valence-electron chi connectivity index (χ1n) is 7.13. The SMILES string of the molecule is CCCCN(C)C(=NC)NCC1(C2CC2)CC1.I. The first-order chi connectivity index (χ1) is 8.22. The largest absolute Gasteiger partial charge is 0.356 e. The van der Waals surface area contributed by atoms with E-state index in [9.17, 15) is 0 Å². The van der Waals surface area contributed by atoms with Crippen molar-refractivity contribution in [2.45, 2.75) is 45.4 Å². The summed E-state index contributed by atoms with van der Waals surface area (Å²) in [5.41, 5.74) is 0.654. The lowest BCUT2D eigenvalue weighted by Crippen LogP contribution is -2.42. The number of unbranched alkanes of at least 4 members (excludes halogenated alkanes) is 1. The molecule has 2 aliphatic rings. The molecule has 1 N–H and O–H groups in total. The molecule has 2 rings (SSSR count). The van der Waals surface area contributed by atoms with E-state index in [1.165, 1.54) is 38.5 Å². The van der Waals surface area contributed by atoms with Crippen LogP contribution in [0.5, 0.6) is 0 Å². The van der Waals surface area contributed by atoms with Crippen LogP contribution in [-0.4, -0.2) is 38.0 Å². The average Bonchev–Trinajstić information content (AvgIpc) is 3.16. The highest BCUT2D eigenvalue weighted by atomic mass is 127. The highest BCUT2D eigenvalue weighted by Crippen LogP contribution is 2.60. The van der Waals surface area contributed by atoms with Gasteiger partial charge >= 0.3 is 0 Å². The molecule has 18 heavy (non-hydrogen) atoms. The van der Waals surface area contributed by atoms with Gasteiger partial charge in [0.1, 0.15) is 0 Å². The summed E-state index contributed by atoms with van der Waals surface area (Å²) in [6.07, 6.45) is 8.27. The molecule has 2 saturated carbocycles. The Kier molecular flexibility index (Phi) is 6.21. The second-order valence-corrected chi connectivity index (χ2v) is 5.81. The molecule has 0 aliphatic heterocycles. The van der Waals surface area contributed by atoms with Crippen LogP contribution in [-0.2, 0) is 0 Å². The molecule has 0 unspecified atom stereocenters. The van der Waals surface area contributed by atoms with Gasteiger partial charge in [0.2, 0.25) is 0 Å². The van der Waals surface area contributed by atoms with Crippen molar-refractivity contribution >= 4 is 29.9 Å². The van der Waals surface area contributed by atoms with E-state index in [1.54, 1.807) is 0 Å². The maximum atomic E-state index is 4.38. The smallest absolute Gasteiger partial charge is 0.193 e. The zero-order valence-corrected chi connectivity index (χ0v) is 14.4. The zero-order valence-electron chi connectivity index (χ0n) is 12.0. The first-order valence-corrected chi connectivity index (χ1v) is 7.13. The second-order valence-electron chi connectivity index (χ2n) is 5.81. The summed E-state index contributed by atoms with van der Waals surface area (Å²) in [6.45, 7) is 4.48. The van der Waals surface area contributed by atoms with Crippen molar-refractivity contribution in [1.29, 1.82) is 0 Å². The van der Waals surface area contributed by atoms with E-state index in [1.807, 2.05) is 7.05 Å². The lowest BCUT2D eigenvalue weighted by atomic mass is 10.0. The minimum absolute atomic E-state index is 0. The van der Waals surface area contributed by atoms with Crippen molar-refractivity contribution in [2.24, 2.45) is 16.3 Å². The fourth-order valence-corrected chi connectivity index (χ4v) is 2.73. The van der Waals surface area contributed by atoms with E-state index >= 15 is 0 Å². The third-order valence-electron chi connectivity index (χ3n) is 4.35. The summed E-state index contributed by atoms with van der Waals surface area (Å²) in [5, 5.41) is 3.58. The number of rotatable bonds is 6. The van der Waals surface area contributed by atoms with Gasteiger partial charge in [-0.15, -0.1) is 24.0 Å². The van der Waals surface area contributed by atoms with Crippen molar-refractivity contribution in [2.75, 3.05) is 27.2 Å². The van der Waals surface area contributed by atoms with Crippen LogP contribution in [0.1, 0.15) is 45.4 Å². The average molecular weight is 365 g/mol. The van der Waals surface area contributed by atoms with Crippen LogP contribution in [0.15, 0.2) is 4.99 Å². The fraction of sp³-hybridized carbons (Fsp3) is 0.929. The van der Waals surface area contributed by atoms with Crippen LogP contribution in [0.2, 0.25) is 0 Å². The van der Waals surface area contributed by atoms with E-state index in [2.05, 4.69) is 29.2 Å². The Morgan fingerprint density at radius 1 is 1.39 bits per heavy atom. The number of halogens is 1. The van der Waals surface area contributed by atoms with Gasteiger partial charge in [0.25, 0.3) is 0 Å². The van der Waals surface area contributed by atoms with Crippen molar-refractivity contribution in [3.8, 4) is 0 Å². The van der Waals surface area contributed by atoms with Crippen LogP contribution >= 0.6 is 24.0 Å². The summed E-state index contributed by atoms with van der Waals surface area (Å²) in [7, 11) is 4.03. The van der Waals surface area contributed by atoms with Crippen molar-refractivity contribution in [3.05, 3.63) is 0 Å². The molecular formula is C14H28IN3. The van der Waals surface area contributed by atoms with E-state index in [-0.39, 0.29) is 24.0 Å². The Labute approximate surface area is 129 Å². The molecular weight excluding hydrogens is 337 g/mol. The normalized spacial score (nSPS) is 21.2. The number of hydrogen-bond donors (Lipinski definition) is 1. The fourth-order valence-electron chi connectivity index (χ4n) is 2.73. The highest BCUT2D eigenvalue weighted by molar-refractivity contribution is 14.0. The van der Waals surface area contributed by atoms with Gasteiger partial charge in [-0.3, -0.25) is 4.99 Å². The topological polar surface area (TPSA) is 27.6 Å². The van der Waals surface area contributed by atoms with Crippen molar-refractivity contribution in [1.82, 2.24) is 10.2 Å².